The quantitative estimate of drug-likeness (QED) is 0.338. The van der Waals surface area contributed by atoms with Crippen LogP contribution in [0.1, 0.15) is 69.6 Å². The molecule has 11 heteroatoms. The van der Waals surface area contributed by atoms with Crippen molar-refractivity contribution in [3.05, 3.63) is 65.0 Å². The summed E-state index contributed by atoms with van der Waals surface area (Å²) < 4.78 is 13.3. The molecule has 1 aliphatic rings. The number of hydrogen-bond acceptors (Lipinski definition) is 6. The molecule has 1 saturated heterocycles. The van der Waals surface area contributed by atoms with Gasteiger partial charge < -0.3 is 31.7 Å². The maximum Gasteiger partial charge on any atom is 0.243 e. The minimum Gasteiger partial charge on any atom is -0.508 e. The van der Waals surface area contributed by atoms with Gasteiger partial charge in [0.2, 0.25) is 23.6 Å². The largest absolute Gasteiger partial charge is 0.508 e. The molecule has 1 fully saturated rings. The number of phenols is 1. The monoisotopic (exact) mass is 611 g/mol. The summed E-state index contributed by atoms with van der Waals surface area (Å²) in [5.74, 6) is -1.74. The highest BCUT2D eigenvalue weighted by atomic mass is 19.1. The highest BCUT2D eigenvalue weighted by Gasteiger charge is 2.32. The molecule has 240 valence electrons. The Kier molecular flexibility index (Phi) is 12.3. The molecular formula is C33H46FN5O5. The predicted octanol–water partition coefficient (Wildman–Crippen LogP) is 2.45. The van der Waals surface area contributed by atoms with Gasteiger partial charge in [-0.05, 0) is 72.4 Å². The number of phenolic OH excluding ortho intramolecular Hbond substituents is 1. The first-order valence-electron chi connectivity index (χ1n) is 15.2. The lowest BCUT2D eigenvalue weighted by atomic mass is 9.84. The van der Waals surface area contributed by atoms with Gasteiger partial charge >= 0.3 is 0 Å². The van der Waals surface area contributed by atoms with Crippen molar-refractivity contribution in [2.24, 2.45) is 5.73 Å². The Morgan fingerprint density at radius 2 is 1.66 bits per heavy atom. The van der Waals surface area contributed by atoms with Crippen LogP contribution in [0.4, 0.5) is 4.39 Å². The third kappa shape index (κ3) is 10.0. The maximum absolute atomic E-state index is 13.8. The molecule has 0 saturated carbocycles. The van der Waals surface area contributed by atoms with E-state index in [-0.39, 0.29) is 49.3 Å². The zero-order valence-corrected chi connectivity index (χ0v) is 26.1. The number of nitrogens with two attached hydrogens (primary N) is 1. The van der Waals surface area contributed by atoms with Gasteiger partial charge in [0, 0.05) is 33.0 Å². The summed E-state index contributed by atoms with van der Waals surface area (Å²) in [5.41, 5.74) is 8.03. The van der Waals surface area contributed by atoms with E-state index < -0.39 is 41.7 Å². The van der Waals surface area contributed by atoms with E-state index in [0.29, 0.717) is 36.9 Å². The van der Waals surface area contributed by atoms with Gasteiger partial charge in [0.05, 0.1) is 6.04 Å². The van der Waals surface area contributed by atoms with Crippen molar-refractivity contribution in [2.75, 3.05) is 20.1 Å². The molecule has 1 heterocycles. The van der Waals surface area contributed by atoms with Gasteiger partial charge in [-0.25, -0.2) is 4.39 Å². The van der Waals surface area contributed by atoms with Gasteiger partial charge in [-0.3, -0.25) is 19.2 Å². The third-order valence-corrected chi connectivity index (χ3v) is 7.85. The first-order valence-corrected chi connectivity index (χ1v) is 15.2. The Labute approximate surface area is 259 Å². The molecule has 0 bridgehead atoms. The lowest BCUT2D eigenvalue weighted by Gasteiger charge is -2.31. The van der Waals surface area contributed by atoms with Crippen molar-refractivity contribution in [2.45, 2.75) is 89.3 Å². The smallest absolute Gasteiger partial charge is 0.243 e. The molecule has 10 nitrogen and oxygen atoms in total. The van der Waals surface area contributed by atoms with E-state index in [2.05, 4.69) is 16.0 Å². The predicted molar refractivity (Wildman–Crippen MR) is 166 cm³/mol. The minimum atomic E-state index is -0.974. The number of benzene rings is 2. The highest BCUT2D eigenvalue weighted by molar-refractivity contribution is 5.93. The van der Waals surface area contributed by atoms with Gasteiger partial charge in [0.1, 0.15) is 23.7 Å². The van der Waals surface area contributed by atoms with E-state index >= 15 is 0 Å². The van der Waals surface area contributed by atoms with Crippen LogP contribution in [0.2, 0.25) is 0 Å². The molecule has 2 aromatic carbocycles. The van der Waals surface area contributed by atoms with Crippen LogP contribution in [0.3, 0.4) is 0 Å². The van der Waals surface area contributed by atoms with Crippen LogP contribution in [-0.2, 0) is 37.4 Å². The number of aromatic hydroxyl groups is 1. The Morgan fingerprint density at radius 1 is 1.00 bits per heavy atom. The second kappa shape index (κ2) is 15.7. The molecular weight excluding hydrogens is 565 g/mol. The number of hydrogen-bond donors (Lipinski definition) is 5. The molecule has 2 aromatic rings. The summed E-state index contributed by atoms with van der Waals surface area (Å²) >= 11 is 0. The van der Waals surface area contributed by atoms with E-state index in [0.717, 1.165) is 5.56 Å². The van der Waals surface area contributed by atoms with E-state index in [9.17, 15) is 28.7 Å². The number of likely N-dealkylation sites (N-methyl/N-ethyl adjacent to an activating group) is 1. The van der Waals surface area contributed by atoms with Crippen molar-refractivity contribution in [3.8, 4) is 5.75 Å². The zero-order valence-electron chi connectivity index (χ0n) is 26.1. The van der Waals surface area contributed by atoms with Crippen LogP contribution in [-0.4, -0.2) is 71.9 Å². The fourth-order valence-electron chi connectivity index (χ4n) is 5.26. The SMILES string of the molecule is CN(C(=O)[C@@H](N)Cc1ccc(F)cc1)[C@H]1CCCCNC(=O)CCCNC(=O)C(Cc2ccc(O)c(C(C)(C)C)c2)NC1=O. The Hall–Kier alpha value is -3.99. The molecule has 1 aliphatic heterocycles. The molecule has 0 aliphatic carbocycles. The lowest BCUT2D eigenvalue weighted by molar-refractivity contribution is -0.141. The van der Waals surface area contributed by atoms with E-state index in [1.54, 1.807) is 24.3 Å². The molecule has 44 heavy (non-hydrogen) atoms. The van der Waals surface area contributed by atoms with Gasteiger partial charge in [-0.1, -0.05) is 45.0 Å². The van der Waals surface area contributed by atoms with Crippen molar-refractivity contribution >= 4 is 23.6 Å². The molecule has 1 unspecified atom stereocenters. The lowest BCUT2D eigenvalue weighted by Crippen LogP contribution is -2.57. The first kappa shape index (κ1) is 34.5. The molecule has 6 N–H and O–H groups in total. The number of rotatable bonds is 6. The van der Waals surface area contributed by atoms with E-state index in [1.807, 2.05) is 26.8 Å². The average molecular weight is 612 g/mol. The van der Waals surface area contributed by atoms with Gasteiger partial charge in [0.15, 0.2) is 0 Å². The summed E-state index contributed by atoms with van der Waals surface area (Å²) in [7, 11) is 1.51. The van der Waals surface area contributed by atoms with Gasteiger partial charge in [0.25, 0.3) is 0 Å². The van der Waals surface area contributed by atoms with Crippen LogP contribution in [0.5, 0.6) is 5.75 Å². The Bertz CT molecular complexity index is 1310. The van der Waals surface area contributed by atoms with E-state index in [4.69, 9.17) is 5.73 Å². The van der Waals surface area contributed by atoms with E-state index in [1.165, 1.54) is 24.1 Å². The normalized spacial score (nSPS) is 19.9. The zero-order chi connectivity index (χ0) is 32.4. The number of carbonyl (C=O) groups excluding carboxylic acids is 4. The van der Waals surface area contributed by atoms with Crippen molar-refractivity contribution in [1.29, 1.82) is 0 Å². The van der Waals surface area contributed by atoms with Crippen LogP contribution in [0.25, 0.3) is 0 Å². The first-order chi connectivity index (χ1) is 20.8. The second-order valence-corrected chi connectivity index (χ2v) is 12.5. The summed E-state index contributed by atoms with van der Waals surface area (Å²) in [6, 6.07) is 7.97. The summed E-state index contributed by atoms with van der Waals surface area (Å²) in [6.07, 6.45) is 2.43. The fraction of sp³-hybridized carbons (Fsp3) is 0.515. The summed E-state index contributed by atoms with van der Waals surface area (Å²) in [6.45, 7) is 6.60. The Morgan fingerprint density at radius 3 is 2.34 bits per heavy atom. The number of carbonyl (C=O) groups is 4. The van der Waals surface area contributed by atoms with Crippen molar-refractivity contribution in [3.63, 3.8) is 0 Å². The highest BCUT2D eigenvalue weighted by Crippen LogP contribution is 2.31. The summed E-state index contributed by atoms with van der Waals surface area (Å²) in [4.78, 5) is 54.1. The standard InChI is InChI=1S/C33H46FN5O5/c1-33(2,3)24-18-22(12-15-28(24)40)20-26-30(42)37-17-7-9-29(41)36-16-6-5-8-27(31(43)38-26)39(4)32(44)25(35)19-21-10-13-23(34)14-11-21/h10-15,18,25-27,40H,5-9,16-17,19-20,35H2,1-4H3,(H,36,41)(H,37,42)(H,38,43)/t25-,26?,27-/m0/s1. The van der Waals surface area contributed by atoms with Crippen LogP contribution >= 0.6 is 0 Å². The fourth-order valence-corrected chi connectivity index (χ4v) is 5.26. The van der Waals surface area contributed by atoms with Gasteiger partial charge in [-0.15, -0.1) is 0 Å². The van der Waals surface area contributed by atoms with Crippen molar-refractivity contribution in [1.82, 2.24) is 20.9 Å². The van der Waals surface area contributed by atoms with Crippen LogP contribution < -0.4 is 21.7 Å². The molecule has 0 spiro atoms. The number of nitrogens with one attached hydrogen (secondary N) is 3. The maximum atomic E-state index is 13.8. The van der Waals surface area contributed by atoms with Crippen LogP contribution in [0, 0.1) is 5.82 Å². The third-order valence-electron chi connectivity index (χ3n) is 7.85. The number of amides is 4. The molecule has 0 aromatic heterocycles. The number of nitrogens with zero attached hydrogens (tertiary/aromatic N) is 1. The average Bonchev–Trinajstić information content (AvgIpc) is 2.97. The molecule has 4 amide bonds. The minimum absolute atomic E-state index is 0.116. The topological polar surface area (TPSA) is 154 Å². The van der Waals surface area contributed by atoms with Gasteiger partial charge in [-0.2, -0.15) is 0 Å². The summed E-state index contributed by atoms with van der Waals surface area (Å²) in [5, 5.41) is 19.0. The Balaban J connectivity index is 1.86. The van der Waals surface area contributed by atoms with Crippen molar-refractivity contribution < 1.29 is 28.7 Å². The molecule has 3 rings (SSSR count). The molecule has 3 atom stereocenters. The molecule has 0 radical (unpaired) electrons. The second-order valence-electron chi connectivity index (χ2n) is 12.5. The van der Waals surface area contributed by atoms with Crippen LogP contribution in [0.15, 0.2) is 42.5 Å². The number of halogens is 1.